The molecule has 0 bridgehead atoms. The number of nitrogens with one attached hydrogen (secondary N) is 1. The van der Waals surface area contributed by atoms with Gasteiger partial charge in [-0.25, -0.2) is 0 Å². The summed E-state index contributed by atoms with van der Waals surface area (Å²) in [4.78, 5) is 25.5. The van der Waals surface area contributed by atoms with Crippen LogP contribution < -0.4 is 10.2 Å². The molecule has 1 aliphatic rings. The number of halogens is 1. The minimum atomic E-state index is 0.0430. The van der Waals surface area contributed by atoms with Gasteiger partial charge < -0.3 is 10.2 Å². The van der Waals surface area contributed by atoms with Gasteiger partial charge >= 0.3 is 0 Å². The number of carbonyl (C=O) groups is 2. The second-order valence-electron chi connectivity index (χ2n) is 6.77. The van der Waals surface area contributed by atoms with Crippen molar-refractivity contribution in [3.63, 3.8) is 0 Å². The van der Waals surface area contributed by atoms with Crippen LogP contribution >= 0.6 is 11.6 Å². The molecule has 2 aromatic rings. The molecule has 1 saturated heterocycles. The monoisotopic (exact) mass is 370 g/mol. The molecule has 1 heterocycles. The fraction of sp³-hybridized carbons (Fsp3) is 0.333. The number of hydrogen-bond acceptors (Lipinski definition) is 3. The maximum atomic E-state index is 12.4. The first-order chi connectivity index (χ1) is 12.6. The molecule has 0 spiro atoms. The van der Waals surface area contributed by atoms with Crippen LogP contribution in [0.5, 0.6) is 0 Å². The van der Waals surface area contributed by atoms with Crippen molar-refractivity contribution in [2.24, 2.45) is 5.92 Å². The number of hydrogen-bond donors (Lipinski definition) is 1. The van der Waals surface area contributed by atoms with E-state index in [9.17, 15) is 9.59 Å². The van der Waals surface area contributed by atoms with E-state index in [1.807, 2.05) is 49.4 Å². The first-order valence-electron chi connectivity index (χ1n) is 8.90. The molecule has 1 N–H and O–H groups in total. The predicted octanol–water partition coefficient (Wildman–Crippen LogP) is 3.99. The number of aryl methyl sites for hydroxylation is 1. The van der Waals surface area contributed by atoms with E-state index in [2.05, 4.69) is 10.2 Å². The average molecular weight is 371 g/mol. The lowest BCUT2D eigenvalue weighted by molar-refractivity contribution is -0.125. The van der Waals surface area contributed by atoms with Crippen molar-refractivity contribution in [3.8, 4) is 0 Å². The molecule has 26 heavy (non-hydrogen) atoms. The molecule has 0 saturated carbocycles. The van der Waals surface area contributed by atoms with Gasteiger partial charge in [0.15, 0.2) is 0 Å². The van der Waals surface area contributed by atoms with Crippen LogP contribution in [0, 0.1) is 12.8 Å². The molecule has 4 nitrogen and oxygen atoms in total. The number of carbonyl (C=O) groups excluding carboxylic acids is 2. The van der Waals surface area contributed by atoms with E-state index < -0.39 is 0 Å². The maximum Gasteiger partial charge on any atom is 0.223 e. The van der Waals surface area contributed by atoms with Crippen LogP contribution in [0.15, 0.2) is 42.5 Å². The highest BCUT2D eigenvalue weighted by Gasteiger charge is 2.24. The van der Waals surface area contributed by atoms with Gasteiger partial charge in [0.2, 0.25) is 5.91 Å². The summed E-state index contributed by atoms with van der Waals surface area (Å²) >= 11 is 6.13. The van der Waals surface area contributed by atoms with Crippen molar-refractivity contribution in [1.29, 1.82) is 0 Å². The number of nitrogens with zero attached hydrogens (tertiary/aromatic N) is 1. The SMILES string of the molecule is Cc1ccc(CNC(=O)C2CCN(c3ccc(C=O)cc3)CC2)cc1Cl. The summed E-state index contributed by atoms with van der Waals surface area (Å²) in [5.41, 5.74) is 3.83. The average Bonchev–Trinajstić information content (AvgIpc) is 2.69. The highest BCUT2D eigenvalue weighted by molar-refractivity contribution is 6.31. The van der Waals surface area contributed by atoms with Crippen LogP contribution in [0.2, 0.25) is 5.02 Å². The van der Waals surface area contributed by atoms with E-state index in [0.29, 0.717) is 12.1 Å². The summed E-state index contributed by atoms with van der Waals surface area (Å²) in [6.07, 6.45) is 2.51. The molecular weight excluding hydrogens is 348 g/mol. The summed E-state index contributed by atoms with van der Waals surface area (Å²) in [5, 5.41) is 3.76. The van der Waals surface area contributed by atoms with E-state index >= 15 is 0 Å². The maximum absolute atomic E-state index is 12.4. The summed E-state index contributed by atoms with van der Waals surface area (Å²) in [5.74, 6) is 0.152. The van der Waals surface area contributed by atoms with Crippen LogP contribution in [-0.2, 0) is 11.3 Å². The number of anilines is 1. The second kappa shape index (κ2) is 8.37. The molecule has 2 aromatic carbocycles. The number of rotatable bonds is 5. The largest absolute Gasteiger partial charge is 0.371 e. The normalized spacial score (nSPS) is 14.9. The van der Waals surface area contributed by atoms with Crippen LogP contribution in [0.1, 0.15) is 34.3 Å². The van der Waals surface area contributed by atoms with E-state index in [4.69, 9.17) is 11.6 Å². The van der Waals surface area contributed by atoms with E-state index in [1.165, 1.54) is 0 Å². The number of amides is 1. The van der Waals surface area contributed by atoms with Crippen LogP contribution in [0.3, 0.4) is 0 Å². The molecule has 1 amide bonds. The van der Waals surface area contributed by atoms with Gasteiger partial charge in [-0.1, -0.05) is 23.7 Å². The Hall–Kier alpha value is -2.33. The summed E-state index contributed by atoms with van der Waals surface area (Å²) in [6, 6.07) is 13.5. The van der Waals surface area contributed by atoms with Crippen molar-refractivity contribution in [2.75, 3.05) is 18.0 Å². The Morgan fingerprint density at radius 1 is 1.19 bits per heavy atom. The smallest absolute Gasteiger partial charge is 0.223 e. The zero-order valence-electron chi connectivity index (χ0n) is 14.9. The fourth-order valence-electron chi connectivity index (χ4n) is 3.24. The van der Waals surface area contributed by atoms with E-state index in [-0.39, 0.29) is 11.8 Å². The van der Waals surface area contributed by atoms with E-state index in [1.54, 1.807) is 0 Å². The van der Waals surface area contributed by atoms with Gasteiger partial charge in [-0.3, -0.25) is 9.59 Å². The van der Waals surface area contributed by atoms with Gasteiger partial charge in [0.25, 0.3) is 0 Å². The lowest BCUT2D eigenvalue weighted by atomic mass is 9.95. The number of piperidine rings is 1. The summed E-state index contributed by atoms with van der Waals surface area (Å²) < 4.78 is 0. The zero-order valence-corrected chi connectivity index (χ0v) is 15.6. The molecule has 0 unspecified atom stereocenters. The van der Waals surface area contributed by atoms with Crippen molar-refractivity contribution >= 4 is 29.5 Å². The Morgan fingerprint density at radius 3 is 2.50 bits per heavy atom. The van der Waals surface area contributed by atoms with Crippen molar-refractivity contribution in [1.82, 2.24) is 5.32 Å². The molecule has 0 atom stereocenters. The van der Waals surface area contributed by atoms with E-state index in [0.717, 1.165) is 54.1 Å². The Morgan fingerprint density at radius 2 is 1.88 bits per heavy atom. The molecular formula is C21H23ClN2O2. The lowest BCUT2D eigenvalue weighted by Gasteiger charge is -2.33. The minimum absolute atomic E-state index is 0.0430. The number of benzene rings is 2. The van der Waals surface area contributed by atoms with Gasteiger partial charge in [0, 0.05) is 41.8 Å². The molecule has 0 aliphatic carbocycles. The predicted molar refractivity (Wildman–Crippen MR) is 105 cm³/mol. The van der Waals surface area contributed by atoms with Crippen LogP contribution in [-0.4, -0.2) is 25.3 Å². The first-order valence-corrected chi connectivity index (χ1v) is 9.27. The third kappa shape index (κ3) is 4.44. The summed E-state index contributed by atoms with van der Waals surface area (Å²) in [6.45, 7) is 4.15. The Balaban J connectivity index is 1.49. The van der Waals surface area contributed by atoms with Crippen molar-refractivity contribution in [3.05, 3.63) is 64.2 Å². The standard InChI is InChI=1S/C21H23ClN2O2/c1-15-2-3-17(12-20(15)22)13-23-21(26)18-8-10-24(11-9-18)19-6-4-16(14-25)5-7-19/h2-7,12,14,18H,8-11,13H2,1H3,(H,23,26). The third-order valence-corrected chi connectivity index (χ3v) is 5.37. The Labute approximate surface area is 159 Å². The van der Waals surface area contributed by atoms with Gasteiger partial charge in [-0.2, -0.15) is 0 Å². The lowest BCUT2D eigenvalue weighted by Crippen LogP contribution is -2.40. The highest BCUT2D eigenvalue weighted by Crippen LogP contribution is 2.24. The van der Waals surface area contributed by atoms with Crippen molar-refractivity contribution in [2.45, 2.75) is 26.3 Å². The fourth-order valence-corrected chi connectivity index (χ4v) is 3.45. The second-order valence-corrected chi connectivity index (χ2v) is 7.18. The van der Waals surface area contributed by atoms with Gasteiger partial charge in [0.05, 0.1) is 0 Å². The number of aldehydes is 1. The summed E-state index contributed by atoms with van der Waals surface area (Å²) in [7, 11) is 0. The third-order valence-electron chi connectivity index (χ3n) is 4.96. The quantitative estimate of drug-likeness (QED) is 0.809. The van der Waals surface area contributed by atoms with Crippen LogP contribution in [0.25, 0.3) is 0 Å². The molecule has 136 valence electrons. The van der Waals surface area contributed by atoms with Gasteiger partial charge in [0.1, 0.15) is 6.29 Å². The van der Waals surface area contributed by atoms with Crippen molar-refractivity contribution < 1.29 is 9.59 Å². The molecule has 5 heteroatoms. The molecule has 1 fully saturated rings. The van der Waals surface area contributed by atoms with Crippen LogP contribution in [0.4, 0.5) is 5.69 Å². The topological polar surface area (TPSA) is 49.4 Å². The molecule has 3 rings (SSSR count). The molecule has 1 aliphatic heterocycles. The Kier molecular flexibility index (Phi) is 5.94. The zero-order chi connectivity index (χ0) is 18.5. The molecule has 0 aromatic heterocycles. The van der Waals surface area contributed by atoms with Gasteiger partial charge in [-0.15, -0.1) is 0 Å². The minimum Gasteiger partial charge on any atom is -0.371 e. The van der Waals surface area contributed by atoms with Gasteiger partial charge in [-0.05, 0) is 61.2 Å². The highest BCUT2D eigenvalue weighted by atomic mass is 35.5. The molecule has 0 radical (unpaired) electrons. The Bertz CT molecular complexity index is 781. The first kappa shape index (κ1) is 18.5.